The molecule has 1 fully saturated rings. The molecule has 0 unspecified atom stereocenters. The van der Waals surface area contributed by atoms with E-state index in [2.05, 4.69) is 20.6 Å². The van der Waals surface area contributed by atoms with Gasteiger partial charge in [-0.15, -0.1) is 0 Å². The van der Waals surface area contributed by atoms with Gasteiger partial charge in [0, 0.05) is 30.7 Å². The number of thioether (sulfide) groups is 1. The molecule has 1 aliphatic heterocycles. The van der Waals surface area contributed by atoms with Gasteiger partial charge in [-0.05, 0) is 31.2 Å². The van der Waals surface area contributed by atoms with Crippen molar-refractivity contribution in [3.8, 4) is 0 Å². The summed E-state index contributed by atoms with van der Waals surface area (Å²) >= 11 is 2.04. The van der Waals surface area contributed by atoms with E-state index in [9.17, 15) is 0 Å². The lowest BCUT2D eigenvalue weighted by molar-refractivity contribution is 0.550. The van der Waals surface area contributed by atoms with Gasteiger partial charge in [0.15, 0.2) is 0 Å². The summed E-state index contributed by atoms with van der Waals surface area (Å²) in [5, 5.41) is 6.77. The Labute approximate surface area is 101 Å². The Morgan fingerprint density at radius 2 is 2.19 bits per heavy atom. The van der Waals surface area contributed by atoms with Gasteiger partial charge in [-0.25, -0.2) is 9.97 Å². The van der Waals surface area contributed by atoms with Crippen molar-refractivity contribution < 1.29 is 0 Å². The summed E-state index contributed by atoms with van der Waals surface area (Å²) in [7, 11) is 0. The second-order valence-corrected chi connectivity index (χ2v) is 5.02. The van der Waals surface area contributed by atoms with Gasteiger partial charge < -0.3 is 10.6 Å². The molecule has 0 radical (unpaired) electrons. The molecule has 4 nitrogen and oxygen atoms in total. The van der Waals surface area contributed by atoms with Crippen LogP contribution in [0.4, 0.5) is 5.95 Å². The van der Waals surface area contributed by atoms with Crippen molar-refractivity contribution in [1.82, 2.24) is 15.3 Å². The fourth-order valence-corrected chi connectivity index (χ4v) is 2.87. The van der Waals surface area contributed by atoms with Gasteiger partial charge in [0.2, 0.25) is 5.95 Å². The van der Waals surface area contributed by atoms with Crippen LogP contribution in [0.3, 0.4) is 0 Å². The standard InChI is InChI=1S/C11H18N4S/c1(4-12-10-3-8-16-9-10)5-13-11-14-6-2-7-15-11/h2,6-7,10,12H,1,3-5,8-9H2,(H,13,14,15)/t10-/m1/s1. The van der Waals surface area contributed by atoms with Crippen LogP contribution < -0.4 is 10.6 Å². The molecule has 1 aliphatic rings. The average Bonchev–Trinajstić information content (AvgIpc) is 2.83. The van der Waals surface area contributed by atoms with E-state index in [4.69, 9.17) is 0 Å². The van der Waals surface area contributed by atoms with Gasteiger partial charge in [-0.1, -0.05) is 0 Å². The Bertz CT molecular complexity index is 287. The Kier molecular flexibility index (Phi) is 4.89. The molecule has 0 bridgehead atoms. The third-order valence-electron chi connectivity index (χ3n) is 2.57. The highest BCUT2D eigenvalue weighted by atomic mass is 32.2. The van der Waals surface area contributed by atoms with Crippen molar-refractivity contribution in [2.24, 2.45) is 0 Å². The maximum atomic E-state index is 4.11. The minimum atomic E-state index is 0.721. The van der Waals surface area contributed by atoms with Gasteiger partial charge >= 0.3 is 0 Å². The molecular formula is C11H18N4S. The first-order valence-corrected chi connectivity index (χ1v) is 6.92. The van der Waals surface area contributed by atoms with Gasteiger partial charge in [0.05, 0.1) is 0 Å². The molecule has 16 heavy (non-hydrogen) atoms. The normalized spacial score (nSPS) is 19.9. The fourth-order valence-electron chi connectivity index (χ4n) is 1.68. The summed E-state index contributed by atoms with van der Waals surface area (Å²) in [6.07, 6.45) is 5.94. The smallest absolute Gasteiger partial charge is 0.222 e. The Morgan fingerprint density at radius 3 is 2.94 bits per heavy atom. The second kappa shape index (κ2) is 6.70. The first-order chi connectivity index (χ1) is 7.95. The van der Waals surface area contributed by atoms with E-state index in [-0.39, 0.29) is 0 Å². The van der Waals surface area contributed by atoms with E-state index in [0.717, 1.165) is 31.5 Å². The summed E-state index contributed by atoms with van der Waals surface area (Å²) < 4.78 is 0. The monoisotopic (exact) mass is 238 g/mol. The fraction of sp³-hybridized carbons (Fsp3) is 0.636. The highest BCUT2D eigenvalue weighted by Crippen LogP contribution is 2.16. The van der Waals surface area contributed by atoms with Gasteiger partial charge in [-0.3, -0.25) is 0 Å². The molecular weight excluding hydrogens is 220 g/mol. The van der Waals surface area contributed by atoms with Gasteiger partial charge in [0.1, 0.15) is 0 Å². The highest BCUT2D eigenvalue weighted by Gasteiger charge is 2.13. The second-order valence-electron chi connectivity index (χ2n) is 3.87. The predicted octanol–water partition coefficient (Wildman–Crippen LogP) is 1.37. The molecule has 0 saturated carbocycles. The minimum absolute atomic E-state index is 0.721. The number of nitrogens with one attached hydrogen (secondary N) is 2. The van der Waals surface area contributed by atoms with Gasteiger partial charge in [-0.2, -0.15) is 11.8 Å². The molecule has 2 heterocycles. The van der Waals surface area contributed by atoms with Crippen LogP contribution >= 0.6 is 11.8 Å². The zero-order valence-corrected chi connectivity index (χ0v) is 10.2. The lowest BCUT2D eigenvalue weighted by Gasteiger charge is -2.10. The van der Waals surface area contributed by atoms with Crippen molar-refractivity contribution in [3.05, 3.63) is 18.5 Å². The van der Waals surface area contributed by atoms with E-state index in [1.54, 1.807) is 12.4 Å². The van der Waals surface area contributed by atoms with Crippen LogP contribution in [0.1, 0.15) is 12.8 Å². The maximum Gasteiger partial charge on any atom is 0.222 e. The van der Waals surface area contributed by atoms with E-state index in [1.165, 1.54) is 17.9 Å². The average molecular weight is 238 g/mol. The molecule has 2 rings (SSSR count). The number of hydrogen-bond acceptors (Lipinski definition) is 5. The number of nitrogens with zero attached hydrogens (tertiary/aromatic N) is 2. The van der Waals surface area contributed by atoms with E-state index in [0.29, 0.717) is 0 Å². The number of rotatable bonds is 6. The molecule has 0 amide bonds. The molecule has 88 valence electrons. The molecule has 0 aromatic carbocycles. The van der Waals surface area contributed by atoms with Crippen LogP contribution in [0.25, 0.3) is 0 Å². The van der Waals surface area contributed by atoms with Crippen LogP contribution in [0.15, 0.2) is 18.5 Å². The maximum absolute atomic E-state index is 4.11. The molecule has 5 heteroatoms. The molecule has 1 aromatic rings. The summed E-state index contributed by atoms with van der Waals surface area (Å²) in [4.78, 5) is 8.22. The summed E-state index contributed by atoms with van der Waals surface area (Å²) in [6, 6.07) is 2.56. The first kappa shape index (κ1) is 11.7. The lowest BCUT2D eigenvalue weighted by Crippen LogP contribution is -2.30. The van der Waals surface area contributed by atoms with Crippen molar-refractivity contribution in [3.63, 3.8) is 0 Å². The minimum Gasteiger partial charge on any atom is -0.354 e. The number of anilines is 1. The highest BCUT2D eigenvalue weighted by molar-refractivity contribution is 7.99. The molecule has 2 N–H and O–H groups in total. The largest absolute Gasteiger partial charge is 0.354 e. The quantitative estimate of drug-likeness (QED) is 0.733. The van der Waals surface area contributed by atoms with Crippen LogP contribution in [0, 0.1) is 0 Å². The molecule has 1 saturated heterocycles. The van der Waals surface area contributed by atoms with Crippen molar-refractivity contribution in [2.45, 2.75) is 18.9 Å². The van der Waals surface area contributed by atoms with E-state index in [1.807, 2.05) is 17.8 Å². The van der Waals surface area contributed by atoms with E-state index < -0.39 is 0 Å². The molecule has 0 aliphatic carbocycles. The third kappa shape index (κ3) is 3.98. The number of aromatic nitrogens is 2. The summed E-state index contributed by atoms with van der Waals surface area (Å²) in [5.41, 5.74) is 0. The third-order valence-corrected chi connectivity index (χ3v) is 3.73. The Balaban J connectivity index is 1.52. The number of hydrogen-bond donors (Lipinski definition) is 2. The van der Waals surface area contributed by atoms with Crippen molar-refractivity contribution in [1.29, 1.82) is 0 Å². The molecule has 0 spiro atoms. The van der Waals surface area contributed by atoms with Crippen LogP contribution in [0.5, 0.6) is 0 Å². The zero-order valence-electron chi connectivity index (χ0n) is 9.35. The van der Waals surface area contributed by atoms with E-state index >= 15 is 0 Å². The lowest BCUT2D eigenvalue weighted by atomic mass is 10.2. The summed E-state index contributed by atoms with van der Waals surface area (Å²) in [5.74, 6) is 3.31. The molecule has 1 aromatic heterocycles. The zero-order chi connectivity index (χ0) is 11.1. The van der Waals surface area contributed by atoms with Crippen LogP contribution in [-0.4, -0.2) is 40.6 Å². The van der Waals surface area contributed by atoms with Crippen LogP contribution in [-0.2, 0) is 0 Å². The molecule has 1 atom stereocenters. The van der Waals surface area contributed by atoms with Crippen molar-refractivity contribution >= 4 is 17.7 Å². The van der Waals surface area contributed by atoms with Crippen LogP contribution in [0.2, 0.25) is 0 Å². The topological polar surface area (TPSA) is 49.8 Å². The van der Waals surface area contributed by atoms with Crippen molar-refractivity contribution in [2.75, 3.05) is 29.9 Å². The predicted molar refractivity (Wildman–Crippen MR) is 68.9 cm³/mol. The Hall–Kier alpha value is -0.810. The summed E-state index contributed by atoms with van der Waals surface area (Å²) in [6.45, 7) is 2.00. The van der Waals surface area contributed by atoms with Gasteiger partial charge in [0.25, 0.3) is 0 Å². The Morgan fingerprint density at radius 1 is 1.31 bits per heavy atom. The SMILES string of the molecule is c1cnc(NCCCN[C@@H]2CCSC2)nc1. The first-order valence-electron chi connectivity index (χ1n) is 5.77.